The molecule has 2 aliphatic carbocycles. The molecular formula is C18H18O4. The Morgan fingerprint density at radius 2 is 2.23 bits per heavy atom. The molecule has 0 amide bonds. The minimum Gasteiger partial charge on any atom is -0.493 e. The van der Waals surface area contributed by atoms with Gasteiger partial charge in [0.15, 0.2) is 11.5 Å². The van der Waals surface area contributed by atoms with E-state index in [9.17, 15) is 4.79 Å². The number of ether oxygens (including phenoxy) is 3. The molecule has 0 saturated heterocycles. The van der Waals surface area contributed by atoms with Gasteiger partial charge in [-0.25, -0.2) is 0 Å². The zero-order valence-electron chi connectivity index (χ0n) is 12.7. The van der Waals surface area contributed by atoms with Gasteiger partial charge >= 0.3 is 5.97 Å². The highest BCUT2D eigenvalue weighted by molar-refractivity contribution is 5.77. The Morgan fingerprint density at radius 1 is 1.36 bits per heavy atom. The maximum absolute atomic E-state index is 12.1. The second-order valence-electron chi connectivity index (χ2n) is 5.97. The van der Waals surface area contributed by atoms with Crippen LogP contribution < -0.4 is 9.47 Å². The third kappa shape index (κ3) is 1.55. The molecule has 22 heavy (non-hydrogen) atoms. The van der Waals surface area contributed by atoms with E-state index in [0.29, 0.717) is 6.42 Å². The van der Waals surface area contributed by atoms with Crippen LogP contribution in [0.25, 0.3) is 0 Å². The van der Waals surface area contributed by atoms with Crippen LogP contribution in [0.5, 0.6) is 11.5 Å². The number of esters is 1. The minimum absolute atomic E-state index is 0.169. The average Bonchev–Trinajstić information content (AvgIpc) is 2.88. The third-order valence-corrected chi connectivity index (χ3v) is 5.08. The van der Waals surface area contributed by atoms with E-state index in [1.165, 1.54) is 18.2 Å². The number of rotatable bonds is 3. The van der Waals surface area contributed by atoms with E-state index in [4.69, 9.17) is 14.2 Å². The first-order valence-corrected chi connectivity index (χ1v) is 7.52. The van der Waals surface area contributed by atoms with Crippen LogP contribution >= 0.6 is 0 Å². The molecule has 0 saturated carbocycles. The second-order valence-corrected chi connectivity index (χ2v) is 5.97. The van der Waals surface area contributed by atoms with Gasteiger partial charge in [-0.3, -0.25) is 4.79 Å². The Kier molecular flexibility index (Phi) is 2.83. The van der Waals surface area contributed by atoms with Crippen LogP contribution in [-0.4, -0.2) is 26.3 Å². The van der Waals surface area contributed by atoms with Crippen molar-refractivity contribution in [2.45, 2.75) is 30.8 Å². The van der Waals surface area contributed by atoms with Gasteiger partial charge in [0.05, 0.1) is 26.1 Å². The summed E-state index contributed by atoms with van der Waals surface area (Å²) in [6, 6.07) is 4.05. The summed E-state index contributed by atoms with van der Waals surface area (Å²) in [5, 5.41) is 0. The second kappa shape index (κ2) is 4.63. The molecular weight excluding hydrogens is 280 g/mol. The standard InChI is InChI=1S/C18H18O4/c1-20-13-9-7-11-6-8-12-4-3-5-14-18(12,10-15(19)21-2)16(11)17(13)22-14/h3-5,7,9,14H,6,8,10H2,1-2H3/t14-,18+/m0/s1. The highest BCUT2D eigenvalue weighted by Crippen LogP contribution is 2.59. The molecule has 4 nitrogen and oxygen atoms in total. The predicted octanol–water partition coefficient (Wildman–Crippen LogP) is 2.70. The highest BCUT2D eigenvalue weighted by atomic mass is 16.5. The van der Waals surface area contributed by atoms with Crippen molar-refractivity contribution in [1.82, 2.24) is 0 Å². The Bertz CT molecular complexity index is 716. The number of aryl methyl sites for hydroxylation is 1. The van der Waals surface area contributed by atoms with Crippen molar-refractivity contribution in [2.75, 3.05) is 14.2 Å². The maximum Gasteiger partial charge on any atom is 0.306 e. The largest absolute Gasteiger partial charge is 0.493 e. The van der Waals surface area contributed by atoms with Crippen LogP contribution in [0, 0.1) is 0 Å². The first-order valence-electron chi connectivity index (χ1n) is 7.52. The van der Waals surface area contributed by atoms with Crippen molar-refractivity contribution in [3.8, 4) is 11.5 Å². The summed E-state index contributed by atoms with van der Waals surface area (Å²) in [7, 11) is 3.08. The van der Waals surface area contributed by atoms with E-state index in [1.807, 2.05) is 18.2 Å². The first-order chi connectivity index (χ1) is 10.7. The lowest BCUT2D eigenvalue weighted by atomic mass is 9.61. The first kappa shape index (κ1) is 13.4. The molecule has 3 aliphatic rings. The summed E-state index contributed by atoms with van der Waals surface area (Å²) in [6.45, 7) is 0. The molecule has 0 N–H and O–H groups in total. The van der Waals surface area contributed by atoms with Gasteiger partial charge in [0.1, 0.15) is 6.10 Å². The number of hydrogen-bond acceptors (Lipinski definition) is 4. The number of methoxy groups -OCH3 is 2. The predicted molar refractivity (Wildman–Crippen MR) is 81.3 cm³/mol. The van der Waals surface area contributed by atoms with Gasteiger partial charge in [-0.05, 0) is 30.5 Å². The summed E-state index contributed by atoms with van der Waals surface area (Å²) in [6.07, 6.45) is 8.22. The van der Waals surface area contributed by atoms with E-state index in [2.05, 4.69) is 12.1 Å². The van der Waals surface area contributed by atoms with Gasteiger partial charge in [0.25, 0.3) is 0 Å². The van der Waals surface area contributed by atoms with Crippen molar-refractivity contribution >= 4 is 5.97 Å². The van der Waals surface area contributed by atoms with Gasteiger partial charge in [0, 0.05) is 5.56 Å². The van der Waals surface area contributed by atoms with Crippen molar-refractivity contribution < 1.29 is 19.0 Å². The van der Waals surface area contributed by atoms with Gasteiger partial charge in [-0.15, -0.1) is 0 Å². The molecule has 0 bridgehead atoms. The summed E-state index contributed by atoms with van der Waals surface area (Å²) >= 11 is 0. The Balaban J connectivity index is 1.98. The molecule has 4 rings (SSSR count). The molecule has 1 heterocycles. The number of hydrogen-bond donors (Lipinski definition) is 0. The van der Waals surface area contributed by atoms with E-state index in [-0.39, 0.29) is 12.1 Å². The van der Waals surface area contributed by atoms with Crippen molar-refractivity contribution in [3.05, 3.63) is 47.1 Å². The quantitative estimate of drug-likeness (QED) is 0.805. The molecule has 0 fully saturated rings. The molecule has 1 aromatic rings. The van der Waals surface area contributed by atoms with E-state index in [0.717, 1.165) is 29.9 Å². The lowest BCUT2D eigenvalue weighted by Gasteiger charge is -2.40. The van der Waals surface area contributed by atoms with Crippen molar-refractivity contribution in [2.24, 2.45) is 0 Å². The Labute approximate surface area is 129 Å². The fraction of sp³-hybridized carbons (Fsp3) is 0.389. The number of allylic oxidation sites excluding steroid dienone is 2. The molecule has 0 aromatic heterocycles. The molecule has 4 heteroatoms. The lowest BCUT2D eigenvalue weighted by Crippen LogP contribution is -2.44. The Morgan fingerprint density at radius 3 is 3.00 bits per heavy atom. The molecule has 2 atom stereocenters. The summed E-state index contributed by atoms with van der Waals surface area (Å²) in [4.78, 5) is 12.1. The van der Waals surface area contributed by atoms with Gasteiger partial charge in [0.2, 0.25) is 0 Å². The SMILES string of the molecule is COC(=O)C[C@@]12C3=CC=C[C@@H]1Oc1c(OC)ccc(c12)CC3. The molecule has 1 aliphatic heterocycles. The van der Waals surface area contributed by atoms with Crippen LogP contribution in [0.1, 0.15) is 24.0 Å². The van der Waals surface area contributed by atoms with Crippen LogP contribution in [0.15, 0.2) is 35.9 Å². The number of benzene rings is 1. The molecule has 0 spiro atoms. The van der Waals surface area contributed by atoms with E-state index in [1.54, 1.807) is 7.11 Å². The number of carbonyl (C=O) groups is 1. The van der Waals surface area contributed by atoms with E-state index < -0.39 is 5.41 Å². The smallest absolute Gasteiger partial charge is 0.306 e. The van der Waals surface area contributed by atoms with E-state index >= 15 is 0 Å². The fourth-order valence-electron chi connectivity index (χ4n) is 4.10. The summed E-state index contributed by atoms with van der Waals surface area (Å²) in [5.41, 5.74) is 3.18. The zero-order valence-corrected chi connectivity index (χ0v) is 12.7. The molecule has 0 radical (unpaired) electrons. The highest BCUT2D eigenvalue weighted by Gasteiger charge is 2.56. The molecule has 1 aromatic carbocycles. The van der Waals surface area contributed by atoms with Gasteiger partial charge in [-0.2, -0.15) is 0 Å². The molecule has 0 unspecified atom stereocenters. The van der Waals surface area contributed by atoms with Crippen LogP contribution in [0.4, 0.5) is 0 Å². The van der Waals surface area contributed by atoms with Gasteiger partial charge in [-0.1, -0.05) is 23.8 Å². The van der Waals surface area contributed by atoms with Gasteiger partial charge < -0.3 is 14.2 Å². The van der Waals surface area contributed by atoms with Crippen LogP contribution in [0.2, 0.25) is 0 Å². The fourth-order valence-corrected chi connectivity index (χ4v) is 4.10. The zero-order chi connectivity index (χ0) is 15.3. The summed E-state index contributed by atoms with van der Waals surface area (Å²) < 4.78 is 16.6. The molecule has 114 valence electrons. The van der Waals surface area contributed by atoms with Crippen molar-refractivity contribution in [3.63, 3.8) is 0 Å². The monoisotopic (exact) mass is 298 g/mol. The van der Waals surface area contributed by atoms with Crippen LogP contribution in [-0.2, 0) is 21.4 Å². The van der Waals surface area contributed by atoms with Crippen molar-refractivity contribution in [1.29, 1.82) is 0 Å². The normalized spacial score (nSPS) is 26.8. The average molecular weight is 298 g/mol. The van der Waals surface area contributed by atoms with Crippen LogP contribution in [0.3, 0.4) is 0 Å². The maximum atomic E-state index is 12.1. The lowest BCUT2D eigenvalue weighted by molar-refractivity contribution is -0.142. The summed E-state index contributed by atoms with van der Waals surface area (Å²) in [5.74, 6) is 1.30. The minimum atomic E-state index is -0.431. The Hall–Kier alpha value is -2.23. The topological polar surface area (TPSA) is 44.8 Å². The number of carbonyl (C=O) groups excluding carboxylic acids is 1. The third-order valence-electron chi connectivity index (χ3n) is 5.08.